The van der Waals surface area contributed by atoms with Crippen LogP contribution in [-0.4, -0.2) is 10.2 Å². The Hall–Kier alpha value is -0.920. The summed E-state index contributed by atoms with van der Waals surface area (Å²) in [4.78, 5) is 0. The van der Waals surface area contributed by atoms with Crippen molar-refractivity contribution in [2.75, 3.05) is 0 Å². The van der Waals surface area contributed by atoms with Crippen LogP contribution in [0.4, 0.5) is 0 Å². The van der Waals surface area contributed by atoms with Gasteiger partial charge in [0, 0.05) is 5.41 Å². The van der Waals surface area contributed by atoms with Crippen LogP contribution >= 0.6 is 0 Å². The van der Waals surface area contributed by atoms with Crippen molar-refractivity contribution < 1.29 is 0 Å². The van der Waals surface area contributed by atoms with E-state index in [1.807, 2.05) is 0 Å². The molecule has 2 bridgehead atoms. The van der Waals surface area contributed by atoms with Crippen molar-refractivity contribution in [3.05, 3.63) is 23.0 Å². The lowest BCUT2D eigenvalue weighted by atomic mass is 9.70. The number of nitrogens with zero attached hydrogens (tertiary/aromatic N) is 2. The Kier molecular flexibility index (Phi) is 2.47. The van der Waals surface area contributed by atoms with E-state index in [1.54, 1.807) is 0 Å². The zero-order valence-electron chi connectivity index (χ0n) is 13.2. The van der Waals surface area contributed by atoms with Gasteiger partial charge in [-0.15, -0.1) is 0 Å². The Morgan fingerprint density at radius 2 is 1.89 bits per heavy atom. The van der Waals surface area contributed by atoms with Crippen LogP contribution in [0.3, 0.4) is 0 Å². The topological polar surface area (TPSA) is 25.8 Å². The highest BCUT2D eigenvalue weighted by Crippen LogP contribution is 2.66. The van der Waals surface area contributed by atoms with Gasteiger partial charge in [0.15, 0.2) is 0 Å². The summed E-state index contributed by atoms with van der Waals surface area (Å²) in [7, 11) is 0. The second-order valence-electron chi connectivity index (χ2n) is 8.52. The van der Waals surface area contributed by atoms with Gasteiger partial charge >= 0.3 is 0 Å². The van der Waals surface area contributed by atoms with E-state index in [9.17, 15) is 0 Å². The first-order valence-corrected chi connectivity index (χ1v) is 7.52. The molecule has 2 nitrogen and oxygen atoms in total. The Bertz CT molecular complexity index is 525. The highest BCUT2D eigenvalue weighted by molar-refractivity contribution is 5.45. The lowest BCUT2D eigenvalue weighted by molar-refractivity contribution is 0.226. The van der Waals surface area contributed by atoms with Crippen LogP contribution in [0.25, 0.3) is 0 Å². The lowest BCUT2D eigenvalue weighted by Crippen LogP contribution is -2.32. The predicted molar refractivity (Wildman–Crippen MR) is 78.3 cm³/mol. The highest BCUT2D eigenvalue weighted by atomic mass is 15.1. The molecule has 0 radical (unpaired) electrons. The van der Waals surface area contributed by atoms with E-state index in [0.717, 1.165) is 6.42 Å². The van der Waals surface area contributed by atoms with Gasteiger partial charge in [0.05, 0.1) is 11.4 Å². The van der Waals surface area contributed by atoms with E-state index in [4.69, 9.17) is 0 Å². The molecule has 1 aromatic heterocycles. The minimum atomic E-state index is 0.236. The van der Waals surface area contributed by atoms with Gasteiger partial charge in [-0.3, -0.25) is 0 Å². The molecular formula is C17H26N2. The van der Waals surface area contributed by atoms with Crippen LogP contribution in [0.2, 0.25) is 0 Å². The van der Waals surface area contributed by atoms with Crippen LogP contribution < -0.4 is 0 Å². The van der Waals surface area contributed by atoms with Crippen molar-refractivity contribution in [1.82, 2.24) is 10.2 Å². The third-order valence-corrected chi connectivity index (χ3v) is 5.71. The molecule has 1 fully saturated rings. The smallest absolute Gasteiger partial charge is 0.0730 e. The average Bonchev–Trinajstić information content (AvgIpc) is 2.57. The van der Waals surface area contributed by atoms with E-state index >= 15 is 0 Å². The Balaban J connectivity index is 2.04. The van der Waals surface area contributed by atoms with Crippen molar-refractivity contribution in [3.8, 4) is 0 Å². The molecule has 0 amide bonds. The molecule has 2 aliphatic rings. The summed E-state index contributed by atoms with van der Waals surface area (Å²) in [6, 6.07) is 2.35. The SMILES string of the molecule is CC(C)(C)Cc1cc2c(nn1)C1(C)CCC2C1(C)C. The molecule has 0 N–H and O–H groups in total. The molecule has 2 unspecified atom stereocenters. The second-order valence-corrected chi connectivity index (χ2v) is 8.52. The van der Waals surface area contributed by atoms with Crippen molar-refractivity contribution in [2.45, 2.75) is 72.1 Å². The molecule has 3 rings (SSSR count). The minimum Gasteiger partial charge on any atom is -0.155 e. The number of rotatable bonds is 1. The molecule has 0 spiro atoms. The molecule has 1 aromatic rings. The summed E-state index contributed by atoms with van der Waals surface area (Å²) in [6.07, 6.45) is 3.60. The Morgan fingerprint density at radius 1 is 1.21 bits per heavy atom. The van der Waals surface area contributed by atoms with Crippen molar-refractivity contribution >= 4 is 0 Å². The molecule has 2 atom stereocenters. The fourth-order valence-corrected chi connectivity index (χ4v) is 4.24. The predicted octanol–water partition coefficient (Wildman–Crippen LogP) is 4.24. The summed E-state index contributed by atoms with van der Waals surface area (Å²) in [5, 5.41) is 9.16. The molecule has 104 valence electrons. The number of hydrogen-bond donors (Lipinski definition) is 0. The van der Waals surface area contributed by atoms with Crippen LogP contribution in [0, 0.1) is 10.8 Å². The standard InChI is InChI=1S/C17H26N2/c1-15(2,3)10-11-9-12-13-7-8-17(6,16(13,4)5)14(12)19-18-11/h9,13H,7-8,10H2,1-6H3. The summed E-state index contributed by atoms with van der Waals surface area (Å²) in [6.45, 7) is 14.0. The zero-order chi connectivity index (χ0) is 14.1. The second kappa shape index (κ2) is 3.59. The first-order valence-electron chi connectivity index (χ1n) is 7.52. The molecule has 2 aliphatic carbocycles. The molecule has 19 heavy (non-hydrogen) atoms. The van der Waals surface area contributed by atoms with Gasteiger partial charge in [-0.05, 0) is 47.6 Å². The zero-order valence-corrected chi connectivity index (χ0v) is 13.2. The van der Waals surface area contributed by atoms with Gasteiger partial charge in [-0.2, -0.15) is 10.2 Å². The van der Waals surface area contributed by atoms with Crippen LogP contribution in [0.1, 0.15) is 77.3 Å². The third-order valence-electron chi connectivity index (χ3n) is 5.71. The Labute approximate surface area is 117 Å². The molecular weight excluding hydrogens is 232 g/mol. The van der Waals surface area contributed by atoms with Crippen LogP contribution in [0.5, 0.6) is 0 Å². The monoisotopic (exact) mass is 258 g/mol. The quantitative estimate of drug-likeness (QED) is 0.753. The van der Waals surface area contributed by atoms with E-state index in [1.165, 1.54) is 29.8 Å². The fraction of sp³-hybridized carbons (Fsp3) is 0.765. The van der Waals surface area contributed by atoms with Gasteiger partial charge in [0.1, 0.15) is 0 Å². The van der Waals surface area contributed by atoms with E-state index in [2.05, 4.69) is 57.8 Å². The number of fused-ring (bicyclic) bond motifs is 5. The number of hydrogen-bond acceptors (Lipinski definition) is 2. The van der Waals surface area contributed by atoms with Gasteiger partial charge in [-0.25, -0.2) is 0 Å². The maximum absolute atomic E-state index is 4.64. The largest absolute Gasteiger partial charge is 0.155 e. The van der Waals surface area contributed by atoms with Crippen molar-refractivity contribution in [1.29, 1.82) is 0 Å². The van der Waals surface area contributed by atoms with Crippen molar-refractivity contribution in [3.63, 3.8) is 0 Å². The van der Waals surface area contributed by atoms with Gasteiger partial charge in [-0.1, -0.05) is 41.5 Å². The van der Waals surface area contributed by atoms with Crippen molar-refractivity contribution in [2.24, 2.45) is 10.8 Å². The summed E-state index contributed by atoms with van der Waals surface area (Å²) in [5.74, 6) is 0.682. The summed E-state index contributed by atoms with van der Waals surface area (Å²) in [5.41, 5.74) is 4.79. The van der Waals surface area contributed by atoms with Gasteiger partial charge < -0.3 is 0 Å². The first-order chi connectivity index (χ1) is 8.65. The molecule has 1 heterocycles. The molecule has 2 heteroatoms. The van der Waals surface area contributed by atoms with Gasteiger partial charge in [0.25, 0.3) is 0 Å². The highest BCUT2D eigenvalue weighted by Gasteiger charge is 2.60. The summed E-state index contributed by atoms with van der Waals surface area (Å²) < 4.78 is 0. The molecule has 1 saturated carbocycles. The summed E-state index contributed by atoms with van der Waals surface area (Å²) >= 11 is 0. The maximum Gasteiger partial charge on any atom is 0.0730 e. The van der Waals surface area contributed by atoms with Gasteiger partial charge in [0.2, 0.25) is 0 Å². The van der Waals surface area contributed by atoms with E-state index in [-0.39, 0.29) is 10.8 Å². The van der Waals surface area contributed by atoms with E-state index in [0.29, 0.717) is 11.3 Å². The lowest BCUT2D eigenvalue weighted by Gasteiger charge is -2.33. The number of aromatic nitrogens is 2. The maximum atomic E-state index is 4.64. The molecule has 0 saturated heterocycles. The average molecular weight is 258 g/mol. The first kappa shape index (κ1) is 13.1. The molecule has 0 aromatic carbocycles. The Morgan fingerprint density at radius 3 is 2.53 bits per heavy atom. The van der Waals surface area contributed by atoms with E-state index < -0.39 is 0 Å². The third kappa shape index (κ3) is 1.68. The minimum absolute atomic E-state index is 0.236. The fourth-order valence-electron chi connectivity index (χ4n) is 4.24. The van der Waals surface area contributed by atoms with Crippen LogP contribution in [-0.2, 0) is 11.8 Å². The molecule has 0 aliphatic heterocycles. The normalized spacial score (nSPS) is 31.6. The van der Waals surface area contributed by atoms with Crippen LogP contribution in [0.15, 0.2) is 6.07 Å².